The highest BCUT2D eigenvalue weighted by atomic mass is 16.5. The first-order valence-corrected chi connectivity index (χ1v) is 8.69. The van der Waals surface area contributed by atoms with Crippen LogP contribution >= 0.6 is 0 Å². The molecule has 0 saturated heterocycles. The Morgan fingerprint density at radius 1 is 1.05 bits per heavy atom. The van der Waals surface area contributed by atoms with Crippen LogP contribution in [0.5, 0.6) is 5.75 Å². The van der Waals surface area contributed by atoms with Crippen LogP contribution in [0.3, 0.4) is 0 Å². The molecule has 0 amide bonds. The summed E-state index contributed by atoms with van der Waals surface area (Å²) in [5.74, 6) is 1.80. The van der Waals surface area contributed by atoms with Crippen molar-refractivity contribution in [2.24, 2.45) is 0 Å². The Labute approximate surface area is 129 Å². The molecule has 1 fully saturated rings. The van der Waals surface area contributed by atoms with Gasteiger partial charge in [-0.2, -0.15) is 0 Å². The number of aliphatic hydroxyl groups is 1. The number of benzene rings is 1. The molecule has 1 aliphatic rings. The van der Waals surface area contributed by atoms with Crippen LogP contribution in [0.1, 0.15) is 75.0 Å². The fourth-order valence-electron chi connectivity index (χ4n) is 3.52. The molecule has 2 heteroatoms. The van der Waals surface area contributed by atoms with Crippen molar-refractivity contribution in [3.05, 3.63) is 28.8 Å². The highest BCUT2D eigenvalue weighted by molar-refractivity contribution is 5.46. The molecular weight excluding hydrogens is 260 g/mol. The van der Waals surface area contributed by atoms with Gasteiger partial charge in [-0.05, 0) is 48.3 Å². The van der Waals surface area contributed by atoms with E-state index in [-0.39, 0.29) is 6.61 Å². The number of ether oxygens (including phenoxy) is 1. The van der Waals surface area contributed by atoms with Crippen LogP contribution in [0.2, 0.25) is 0 Å². The Morgan fingerprint density at radius 3 is 2.10 bits per heavy atom. The molecule has 2 rings (SSSR count). The van der Waals surface area contributed by atoms with Crippen molar-refractivity contribution in [1.82, 2.24) is 0 Å². The second-order valence-corrected chi connectivity index (χ2v) is 6.22. The fourth-order valence-corrected chi connectivity index (χ4v) is 3.52. The van der Waals surface area contributed by atoms with Crippen LogP contribution in [0.4, 0.5) is 0 Å². The zero-order chi connectivity index (χ0) is 15.1. The van der Waals surface area contributed by atoms with Crippen LogP contribution in [0.25, 0.3) is 0 Å². The molecule has 0 spiro atoms. The third kappa shape index (κ3) is 4.23. The molecule has 0 unspecified atom stereocenters. The van der Waals surface area contributed by atoms with Gasteiger partial charge in [0.05, 0.1) is 6.61 Å². The summed E-state index contributed by atoms with van der Waals surface area (Å²) in [6, 6.07) is 4.76. The quantitative estimate of drug-likeness (QED) is 0.757. The lowest BCUT2D eigenvalue weighted by Crippen LogP contribution is -2.08. The molecule has 1 saturated carbocycles. The maximum absolute atomic E-state index is 9.07. The van der Waals surface area contributed by atoms with Gasteiger partial charge in [-0.3, -0.25) is 0 Å². The largest absolute Gasteiger partial charge is 0.491 e. The number of aryl methyl sites for hydroxylation is 2. The van der Waals surface area contributed by atoms with Gasteiger partial charge in [-0.15, -0.1) is 0 Å². The maximum atomic E-state index is 9.07. The van der Waals surface area contributed by atoms with E-state index in [2.05, 4.69) is 26.0 Å². The summed E-state index contributed by atoms with van der Waals surface area (Å²) in [6.45, 7) is 4.92. The van der Waals surface area contributed by atoms with Crippen molar-refractivity contribution in [3.63, 3.8) is 0 Å². The molecule has 2 nitrogen and oxygen atoms in total. The summed E-state index contributed by atoms with van der Waals surface area (Å²) in [4.78, 5) is 0. The highest BCUT2D eigenvalue weighted by Gasteiger charge is 2.20. The van der Waals surface area contributed by atoms with E-state index in [0.29, 0.717) is 6.61 Å². The van der Waals surface area contributed by atoms with E-state index in [1.54, 1.807) is 0 Å². The molecule has 0 aliphatic heterocycles. The Balaban J connectivity index is 2.35. The Morgan fingerprint density at radius 2 is 1.62 bits per heavy atom. The zero-order valence-electron chi connectivity index (χ0n) is 13.7. The molecule has 118 valence electrons. The second kappa shape index (κ2) is 8.43. The summed E-state index contributed by atoms with van der Waals surface area (Å²) >= 11 is 0. The summed E-state index contributed by atoms with van der Waals surface area (Å²) in [7, 11) is 0. The molecule has 0 bridgehead atoms. The summed E-state index contributed by atoms with van der Waals surface area (Å²) < 4.78 is 5.89. The lowest BCUT2D eigenvalue weighted by Gasteiger charge is -2.20. The normalized spacial score (nSPS) is 15.6. The van der Waals surface area contributed by atoms with E-state index < -0.39 is 0 Å². The van der Waals surface area contributed by atoms with Crippen molar-refractivity contribution in [2.45, 2.75) is 71.1 Å². The molecule has 0 atom stereocenters. The molecule has 21 heavy (non-hydrogen) atoms. The molecule has 0 heterocycles. The van der Waals surface area contributed by atoms with Gasteiger partial charge in [0, 0.05) is 0 Å². The van der Waals surface area contributed by atoms with Gasteiger partial charge in [0.1, 0.15) is 12.4 Å². The van der Waals surface area contributed by atoms with Gasteiger partial charge >= 0.3 is 0 Å². The lowest BCUT2D eigenvalue weighted by atomic mass is 9.90. The topological polar surface area (TPSA) is 29.5 Å². The smallest absolute Gasteiger partial charge is 0.125 e. The van der Waals surface area contributed by atoms with Gasteiger partial charge in [0.15, 0.2) is 0 Å². The van der Waals surface area contributed by atoms with Crippen LogP contribution in [-0.2, 0) is 12.8 Å². The average molecular weight is 290 g/mol. The number of aliphatic hydroxyl groups excluding tert-OH is 1. The van der Waals surface area contributed by atoms with E-state index in [1.165, 1.54) is 42.4 Å². The number of rotatable bonds is 8. The van der Waals surface area contributed by atoms with E-state index in [0.717, 1.165) is 37.4 Å². The SMILES string of the molecule is CCCc1cc(C2CCCC2)cc(CCC)c1OCCO. The van der Waals surface area contributed by atoms with Crippen molar-refractivity contribution >= 4 is 0 Å². The standard InChI is InChI=1S/C19H30O2/c1-3-7-16-13-18(15-9-5-6-10-15)14-17(8-4-2)19(16)21-12-11-20/h13-15,20H,3-12H2,1-2H3. The minimum absolute atomic E-state index is 0.0848. The Kier molecular flexibility index (Phi) is 6.56. The highest BCUT2D eigenvalue weighted by Crippen LogP contribution is 2.38. The third-order valence-corrected chi connectivity index (χ3v) is 4.47. The van der Waals surface area contributed by atoms with Gasteiger partial charge in [-0.1, -0.05) is 51.7 Å². The fraction of sp³-hybridized carbons (Fsp3) is 0.684. The Hall–Kier alpha value is -1.02. The van der Waals surface area contributed by atoms with E-state index >= 15 is 0 Å². The molecule has 0 radical (unpaired) electrons. The molecule has 1 aliphatic carbocycles. The first-order valence-electron chi connectivity index (χ1n) is 8.69. The van der Waals surface area contributed by atoms with Gasteiger partial charge < -0.3 is 9.84 Å². The average Bonchev–Trinajstić information content (AvgIpc) is 3.01. The molecule has 1 aromatic carbocycles. The number of hydrogen-bond acceptors (Lipinski definition) is 2. The van der Waals surface area contributed by atoms with Gasteiger partial charge in [-0.25, -0.2) is 0 Å². The third-order valence-electron chi connectivity index (χ3n) is 4.47. The monoisotopic (exact) mass is 290 g/mol. The predicted octanol–water partition coefficient (Wildman–Crippen LogP) is 4.62. The van der Waals surface area contributed by atoms with Crippen LogP contribution in [0.15, 0.2) is 12.1 Å². The van der Waals surface area contributed by atoms with Crippen LogP contribution in [-0.4, -0.2) is 18.3 Å². The molecule has 0 aromatic heterocycles. The van der Waals surface area contributed by atoms with Crippen molar-refractivity contribution in [2.75, 3.05) is 13.2 Å². The van der Waals surface area contributed by atoms with Gasteiger partial charge in [0.2, 0.25) is 0 Å². The number of hydrogen-bond donors (Lipinski definition) is 1. The van der Waals surface area contributed by atoms with Gasteiger partial charge in [0.25, 0.3) is 0 Å². The lowest BCUT2D eigenvalue weighted by molar-refractivity contribution is 0.199. The van der Waals surface area contributed by atoms with Crippen LogP contribution < -0.4 is 4.74 Å². The maximum Gasteiger partial charge on any atom is 0.125 e. The summed E-state index contributed by atoms with van der Waals surface area (Å²) in [5.41, 5.74) is 4.22. The molecule has 1 N–H and O–H groups in total. The molecule has 1 aromatic rings. The minimum atomic E-state index is 0.0848. The first-order chi connectivity index (χ1) is 10.3. The van der Waals surface area contributed by atoms with E-state index in [4.69, 9.17) is 9.84 Å². The molecular formula is C19H30O2. The summed E-state index contributed by atoms with van der Waals surface area (Å²) in [6.07, 6.45) is 9.83. The second-order valence-electron chi connectivity index (χ2n) is 6.22. The van der Waals surface area contributed by atoms with E-state index in [1.807, 2.05) is 0 Å². The van der Waals surface area contributed by atoms with Crippen molar-refractivity contribution in [3.8, 4) is 5.75 Å². The summed E-state index contributed by atoms with van der Waals surface area (Å²) in [5, 5.41) is 9.07. The zero-order valence-corrected chi connectivity index (χ0v) is 13.7. The van der Waals surface area contributed by atoms with Crippen molar-refractivity contribution < 1.29 is 9.84 Å². The first kappa shape index (κ1) is 16.4. The predicted molar refractivity (Wildman–Crippen MR) is 88.2 cm³/mol. The van der Waals surface area contributed by atoms with Crippen molar-refractivity contribution in [1.29, 1.82) is 0 Å². The van der Waals surface area contributed by atoms with Crippen LogP contribution in [0, 0.1) is 0 Å². The van der Waals surface area contributed by atoms with E-state index in [9.17, 15) is 0 Å². The Bertz CT molecular complexity index is 406. The minimum Gasteiger partial charge on any atom is -0.491 e.